The molecule has 6 nitrogen and oxygen atoms in total. The number of likely N-dealkylation sites (tertiary alicyclic amines) is 1. The molecule has 5 heterocycles. The summed E-state index contributed by atoms with van der Waals surface area (Å²) in [5.41, 5.74) is 3.60. The van der Waals surface area contributed by atoms with Gasteiger partial charge in [0.05, 0.1) is 15.9 Å². The Hall–Kier alpha value is -2.54. The molecule has 0 aromatic carbocycles. The maximum absolute atomic E-state index is 12.8. The van der Waals surface area contributed by atoms with Crippen molar-refractivity contribution in [3.05, 3.63) is 46.0 Å². The minimum Gasteiger partial charge on any atom is -0.342 e. The van der Waals surface area contributed by atoms with Crippen LogP contribution < -0.4 is 5.56 Å². The number of hydrogen-bond acceptors (Lipinski definition) is 5. The zero-order valence-electron chi connectivity index (χ0n) is 14.4. The van der Waals surface area contributed by atoms with E-state index in [4.69, 9.17) is 0 Å². The highest BCUT2D eigenvalue weighted by molar-refractivity contribution is 7.17. The summed E-state index contributed by atoms with van der Waals surface area (Å²) in [5, 5.41) is 1.99. The number of piperidine rings is 1. The smallest absolute Gasteiger partial charge is 0.251 e. The molecular weight excluding hydrogens is 348 g/mol. The van der Waals surface area contributed by atoms with E-state index in [2.05, 4.69) is 16.0 Å². The summed E-state index contributed by atoms with van der Waals surface area (Å²) in [7, 11) is 0. The Morgan fingerprint density at radius 1 is 1.23 bits per heavy atom. The third-order valence-electron chi connectivity index (χ3n) is 5.52. The lowest BCUT2D eigenvalue weighted by Gasteiger charge is -2.42. The van der Waals surface area contributed by atoms with Crippen molar-refractivity contribution >= 4 is 27.5 Å². The maximum atomic E-state index is 12.8. The second-order valence-electron chi connectivity index (χ2n) is 7.20. The highest BCUT2D eigenvalue weighted by atomic mass is 32.1. The topological polar surface area (TPSA) is 68.1 Å². The molecule has 0 saturated carbocycles. The van der Waals surface area contributed by atoms with Gasteiger partial charge in [-0.1, -0.05) is 0 Å². The van der Waals surface area contributed by atoms with E-state index in [1.54, 1.807) is 30.7 Å². The molecule has 1 saturated heterocycles. The van der Waals surface area contributed by atoms with Gasteiger partial charge in [-0.2, -0.15) is 0 Å². The van der Waals surface area contributed by atoms with Gasteiger partial charge in [-0.25, -0.2) is 9.97 Å². The highest BCUT2D eigenvalue weighted by Gasteiger charge is 2.35. The third kappa shape index (κ3) is 2.38. The fourth-order valence-corrected chi connectivity index (χ4v) is 5.20. The zero-order chi connectivity index (χ0) is 17.8. The fraction of sp³-hybridized carbons (Fsp3) is 0.368. The molecule has 0 aliphatic carbocycles. The van der Waals surface area contributed by atoms with Crippen LogP contribution >= 0.6 is 11.3 Å². The number of thiophene rings is 1. The quantitative estimate of drug-likeness (QED) is 0.664. The van der Waals surface area contributed by atoms with Crippen LogP contribution in [0, 0.1) is 5.92 Å². The van der Waals surface area contributed by atoms with Crippen LogP contribution in [0.3, 0.4) is 0 Å². The van der Waals surface area contributed by atoms with E-state index in [1.165, 1.54) is 0 Å². The number of aromatic nitrogens is 3. The minimum atomic E-state index is 0.0202. The van der Waals surface area contributed by atoms with Crippen LogP contribution in [-0.2, 0) is 11.3 Å². The van der Waals surface area contributed by atoms with Crippen LogP contribution in [0.1, 0.15) is 25.0 Å². The van der Waals surface area contributed by atoms with Gasteiger partial charge in [0.15, 0.2) is 0 Å². The Labute approximate surface area is 154 Å². The van der Waals surface area contributed by atoms with Gasteiger partial charge >= 0.3 is 0 Å². The van der Waals surface area contributed by atoms with E-state index in [0.29, 0.717) is 19.0 Å². The van der Waals surface area contributed by atoms with E-state index in [1.807, 2.05) is 20.9 Å². The van der Waals surface area contributed by atoms with Crippen molar-refractivity contribution < 1.29 is 4.79 Å². The molecule has 7 heteroatoms. The summed E-state index contributed by atoms with van der Waals surface area (Å²) in [5.74, 6) is 0.680. The molecule has 0 radical (unpaired) electrons. The van der Waals surface area contributed by atoms with Crippen molar-refractivity contribution in [2.75, 3.05) is 13.1 Å². The van der Waals surface area contributed by atoms with Gasteiger partial charge in [0.25, 0.3) is 5.56 Å². The Morgan fingerprint density at radius 2 is 2.12 bits per heavy atom. The largest absolute Gasteiger partial charge is 0.342 e. The molecular formula is C19H18N4O2S. The molecule has 132 valence electrons. The first-order valence-electron chi connectivity index (χ1n) is 8.79. The first kappa shape index (κ1) is 15.7. The average Bonchev–Trinajstić information content (AvgIpc) is 3.11. The average molecular weight is 366 g/mol. The van der Waals surface area contributed by atoms with E-state index >= 15 is 0 Å². The molecule has 3 aromatic heterocycles. The van der Waals surface area contributed by atoms with Crippen molar-refractivity contribution in [2.45, 2.75) is 25.8 Å². The summed E-state index contributed by atoms with van der Waals surface area (Å²) in [4.78, 5) is 35.3. The summed E-state index contributed by atoms with van der Waals surface area (Å²) in [6, 6.07) is 5.75. The number of rotatable bonds is 1. The first-order chi connectivity index (χ1) is 12.6. The number of hydrogen-bond donors (Lipinski definition) is 0. The molecule has 3 aromatic rings. The second kappa shape index (κ2) is 5.74. The van der Waals surface area contributed by atoms with Crippen LogP contribution in [0.4, 0.5) is 0 Å². The molecule has 5 rings (SSSR count). The van der Waals surface area contributed by atoms with E-state index < -0.39 is 0 Å². The van der Waals surface area contributed by atoms with Crippen LogP contribution in [0.2, 0.25) is 0 Å². The van der Waals surface area contributed by atoms with Crippen molar-refractivity contribution in [1.29, 1.82) is 0 Å². The molecule has 1 fully saturated rings. The monoisotopic (exact) mass is 366 g/mol. The third-order valence-corrected chi connectivity index (χ3v) is 6.43. The zero-order valence-corrected chi connectivity index (χ0v) is 15.2. The summed E-state index contributed by atoms with van der Waals surface area (Å²) in [6.07, 6.45) is 2.58. The number of carbonyl (C=O) groups excluding carboxylic acids is 1. The van der Waals surface area contributed by atoms with Gasteiger partial charge in [0, 0.05) is 49.8 Å². The minimum absolute atomic E-state index is 0.0202. The van der Waals surface area contributed by atoms with E-state index in [0.717, 1.165) is 40.1 Å². The van der Waals surface area contributed by atoms with Crippen molar-refractivity contribution in [2.24, 2.45) is 5.92 Å². The van der Waals surface area contributed by atoms with E-state index in [-0.39, 0.29) is 17.4 Å². The lowest BCUT2D eigenvalue weighted by molar-refractivity contribution is -0.131. The molecule has 2 bridgehead atoms. The van der Waals surface area contributed by atoms with Crippen molar-refractivity contribution in [1.82, 2.24) is 19.4 Å². The maximum Gasteiger partial charge on any atom is 0.251 e. The fourth-order valence-electron chi connectivity index (χ4n) is 4.35. The number of fused-ring (bicyclic) bond motifs is 5. The first-order valence-corrected chi connectivity index (χ1v) is 9.67. The Bertz CT molecular complexity index is 1090. The molecule has 2 atom stereocenters. The molecule has 0 spiro atoms. The SMILES string of the molecule is CC(=O)N1C[C@@H]2C[C@H](C1)c1cc(-c3ncnc4ccsc34)cc(=O)n1C2. The molecule has 1 amide bonds. The number of pyridine rings is 1. The molecule has 0 N–H and O–H groups in total. The number of carbonyl (C=O) groups is 1. The lowest BCUT2D eigenvalue weighted by Crippen LogP contribution is -2.48. The van der Waals surface area contributed by atoms with E-state index in [9.17, 15) is 9.59 Å². The normalized spacial score (nSPS) is 21.7. The Kier molecular flexibility index (Phi) is 3.46. The van der Waals surface area contributed by atoms with Gasteiger partial charge < -0.3 is 9.47 Å². The predicted molar refractivity (Wildman–Crippen MR) is 100 cm³/mol. The predicted octanol–water partition coefficient (Wildman–Crippen LogP) is 2.49. The van der Waals surface area contributed by atoms with Gasteiger partial charge in [-0.3, -0.25) is 9.59 Å². The Balaban J connectivity index is 1.65. The molecule has 26 heavy (non-hydrogen) atoms. The molecule has 2 aliphatic rings. The second-order valence-corrected chi connectivity index (χ2v) is 8.11. The van der Waals surface area contributed by atoms with Crippen molar-refractivity contribution in [3.8, 4) is 11.3 Å². The molecule has 2 aliphatic heterocycles. The number of amides is 1. The van der Waals surface area contributed by atoms with Crippen LogP contribution in [-0.4, -0.2) is 38.4 Å². The summed E-state index contributed by atoms with van der Waals surface area (Å²) in [6.45, 7) is 3.75. The van der Waals surface area contributed by atoms with Crippen molar-refractivity contribution in [3.63, 3.8) is 0 Å². The summed E-state index contributed by atoms with van der Waals surface area (Å²) >= 11 is 1.59. The van der Waals surface area contributed by atoms with Gasteiger partial charge in [-0.05, 0) is 29.9 Å². The Morgan fingerprint density at radius 3 is 2.96 bits per heavy atom. The van der Waals surface area contributed by atoms with Crippen LogP contribution in [0.15, 0.2) is 34.7 Å². The molecule has 0 unspecified atom stereocenters. The summed E-state index contributed by atoms with van der Waals surface area (Å²) < 4.78 is 2.90. The lowest BCUT2D eigenvalue weighted by atomic mass is 9.82. The van der Waals surface area contributed by atoms with Gasteiger partial charge in [0.1, 0.15) is 6.33 Å². The standard InChI is InChI=1S/C19H18N4O2S/c1-11(24)22-7-12-4-14(9-22)16-5-13(6-17(25)23(16)8-12)18-19-15(2-3-26-19)20-10-21-18/h2-3,5-6,10,12,14H,4,7-9H2,1H3/t12-,14+/m0/s1. The van der Waals surface area contributed by atoms with Crippen LogP contribution in [0.5, 0.6) is 0 Å². The highest BCUT2D eigenvalue weighted by Crippen LogP contribution is 2.37. The van der Waals surface area contributed by atoms with Gasteiger partial charge in [0.2, 0.25) is 5.91 Å². The van der Waals surface area contributed by atoms with Gasteiger partial charge in [-0.15, -0.1) is 11.3 Å². The number of nitrogens with zero attached hydrogens (tertiary/aromatic N) is 4. The van der Waals surface area contributed by atoms with Crippen LogP contribution in [0.25, 0.3) is 21.5 Å².